The highest BCUT2D eigenvalue weighted by Gasteiger charge is 2.49. The Morgan fingerprint density at radius 3 is 1.75 bits per heavy atom. The van der Waals surface area contributed by atoms with Gasteiger partial charge in [0.15, 0.2) is 0 Å². The molecule has 5 nitrogen and oxygen atoms in total. The normalized spacial score (nSPS) is 11.1. The van der Waals surface area contributed by atoms with Crippen LogP contribution in [0.1, 0.15) is 13.3 Å². The van der Waals surface area contributed by atoms with E-state index in [1.54, 1.807) is 0 Å². The van der Waals surface area contributed by atoms with Gasteiger partial charge in [0.2, 0.25) is 5.54 Å². The highest BCUT2D eigenvalue weighted by Crippen LogP contribution is 2.21. The summed E-state index contributed by atoms with van der Waals surface area (Å²) >= 11 is 0. The number of aliphatic carboxylic acids is 2. The number of hydrogen-bond donors (Lipinski definition) is 2. The highest BCUT2D eigenvalue weighted by atomic mass is 16.4. The quantitative estimate of drug-likeness (QED) is 0.477. The molecule has 0 atom stereocenters. The third-order valence-electron chi connectivity index (χ3n) is 2.46. The lowest BCUT2D eigenvalue weighted by Crippen LogP contribution is -2.60. The molecule has 0 amide bonds. The van der Waals surface area contributed by atoms with E-state index in [9.17, 15) is 9.59 Å². The Balaban J connectivity index is 5.39. The van der Waals surface area contributed by atoms with Crippen molar-refractivity contribution in [3.63, 3.8) is 0 Å². The lowest BCUT2D eigenvalue weighted by Gasteiger charge is -2.35. The molecule has 0 unspecified atom stereocenters. The van der Waals surface area contributed by atoms with E-state index in [0.29, 0.717) is 0 Å². The minimum atomic E-state index is -1.91. The van der Waals surface area contributed by atoms with Crippen LogP contribution in [0, 0.1) is 0 Å². The maximum Gasteiger partial charge on any atom is 0.335 e. The molecule has 0 rings (SSSR count). The van der Waals surface area contributed by atoms with E-state index < -0.39 is 17.5 Å². The first kappa shape index (κ1) is 14.4. The topological polar surface area (TPSA) is 77.8 Å². The van der Waals surface area contributed by atoms with Crippen molar-refractivity contribution in [3.8, 4) is 0 Å². The van der Waals surface area contributed by atoms with Gasteiger partial charge in [0, 0.05) is 13.1 Å². The lowest BCUT2D eigenvalue weighted by molar-refractivity contribution is -0.167. The third kappa shape index (κ3) is 2.49. The Morgan fingerprint density at radius 2 is 1.56 bits per heavy atom. The fraction of sp³-hybridized carbons (Fsp3) is 0.455. The molecule has 0 aliphatic heterocycles. The maximum absolute atomic E-state index is 11.2. The Hall–Kier alpha value is -1.62. The molecule has 0 radical (unpaired) electrons. The molecule has 90 valence electrons. The van der Waals surface area contributed by atoms with Gasteiger partial charge in [-0.3, -0.25) is 4.90 Å². The van der Waals surface area contributed by atoms with E-state index in [2.05, 4.69) is 13.2 Å². The van der Waals surface area contributed by atoms with Crippen LogP contribution in [0.4, 0.5) is 0 Å². The van der Waals surface area contributed by atoms with Crippen molar-refractivity contribution in [1.29, 1.82) is 0 Å². The predicted molar refractivity (Wildman–Crippen MR) is 60.3 cm³/mol. The van der Waals surface area contributed by atoms with Crippen LogP contribution in [0.25, 0.3) is 0 Å². The van der Waals surface area contributed by atoms with E-state index in [4.69, 9.17) is 10.2 Å². The van der Waals surface area contributed by atoms with Gasteiger partial charge in [-0.1, -0.05) is 19.1 Å². The molecule has 2 N–H and O–H groups in total. The average Bonchev–Trinajstić information content (AvgIpc) is 2.19. The SMILES string of the molecule is C=CCN(CC=C)C(CC)(C(=O)O)C(=O)O. The molecule has 0 fully saturated rings. The van der Waals surface area contributed by atoms with E-state index in [0.717, 1.165) is 0 Å². The molecule has 0 aliphatic rings. The number of carboxylic acid groups (broad SMARTS) is 2. The van der Waals surface area contributed by atoms with Crippen molar-refractivity contribution >= 4 is 11.9 Å². The van der Waals surface area contributed by atoms with Gasteiger partial charge in [0.05, 0.1) is 0 Å². The van der Waals surface area contributed by atoms with Crippen LogP contribution in [0.15, 0.2) is 25.3 Å². The predicted octanol–water partition coefficient (Wildman–Crippen LogP) is 0.978. The summed E-state index contributed by atoms with van der Waals surface area (Å²) in [5.74, 6) is -2.74. The second-order valence-corrected chi connectivity index (χ2v) is 3.31. The largest absolute Gasteiger partial charge is 0.479 e. The molecule has 0 aromatic carbocycles. The van der Waals surface area contributed by atoms with Crippen LogP contribution in [0.2, 0.25) is 0 Å². The lowest BCUT2D eigenvalue weighted by atomic mass is 9.93. The van der Waals surface area contributed by atoms with Crippen molar-refractivity contribution in [2.24, 2.45) is 0 Å². The maximum atomic E-state index is 11.2. The first-order chi connectivity index (χ1) is 7.47. The van der Waals surface area contributed by atoms with Crippen LogP contribution in [-0.2, 0) is 9.59 Å². The molecule has 0 aromatic rings. The summed E-state index contributed by atoms with van der Waals surface area (Å²) in [6, 6.07) is 0. The van der Waals surface area contributed by atoms with Gasteiger partial charge < -0.3 is 10.2 Å². The van der Waals surface area contributed by atoms with Crippen LogP contribution in [-0.4, -0.2) is 45.7 Å². The summed E-state index contributed by atoms with van der Waals surface area (Å²) in [7, 11) is 0. The van der Waals surface area contributed by atoms with Crippen molar-refractivity contribution < 1.29 is 19.8 Å². The monoisotopic (exact) mass is 227 g/mol. The van der Waals surface area contributed by atoms with Crippen LogP contribution in [0.3, 0.4) is 0 Å². The van der Waals surface area contributed by atoms with Gasteiger partial charge >= 0.3 is 11.9 Å². The molecule has 0 saturated heterocycles. The zero-order valence-corrected chi connectivity index (χ0v) is 9.35. The molecule has 0 heterocycles. The summed E-state index contributed by atoms with van der Waals surface area (Å²) in [5.41, 5.74) is -1.91. The summed E-state index contributed by atoms with van der Waals surface area (Å²) in [4.78, 5) is 23.7. The van der Waals surface area contributed by atoms with Crippen LogP contribution >= 0.6 is 0 Å². The highest BCUT2D eigenvalue weighted by molar-refractivity contribution is 6.03. The molecular weight excluding hydrogens is 210 g/mol. The van der Waals surface area contributed by atoms with E-state index in [-0.39, 0.29) is 19.5 Å². The molecule has 0 aliphatic carbocycles. The Labute approximate surface area is 94.7 Å². The fourth-order valence-corrected chi connectivity index (χ4v) is 1.59. The summed E-state index contributed by atoms with van der Waals surface area (Å²) in [5, 5.41) is 18.3. The third-order valence-corrected chi connectivity index (χ3v) is 2.46. The Kier molecular flexibility index (Phi) is 5.46. The van der Waals surface area contributed by atoms with E-state index in [1.807, 2.05) is 0 Å². The van der Waals surface area contributed by atoms with Gasteiger partial charge in [0.1, 0.15) is 0 Å². The van der Waals surface area contributed by atoms with Crippen molar-refractivity contribution in [2.75, 3.05) is 13.1 Å². The first-order valence-corrected chi connectivity index (χ1v) is 4.91. The first-order valence-electron chi connectivity index (χ1n) is 4.91. The smallest absolute Gasteiger partial charge is 0.335 e. The molecule has 5 heteroatoms. The number of hydrogen-bond acceptors (Lipinski definition) is 3. The van der Waals surface area contributed by atoms with Crippen molar-refractivity contribution in [3.05, 3.63) is 25.3 Å². The van der Waals surface area contributed by atoms with Crippen molar-refractivity contribution in [2.45, 2.75) is 18.9 Å². The fourth-order valence-electron chi connectivity index (χ4n) is 1.59. The minimum Gasteiger partial charge on any atom is -0.479 e. The molecule has 0 spiro atoms. The summed E-state index contributed by atoms with van der Waals surface area (Å²) in [6.07, 6.45) is 2.92. The zero-order chi connectivity index (χ0) is 12.8. The Morgan fingerprint density at radius 1 is 1.19 bits per heavy atom. The molecule has 0 bridgehead atoms. The van der Waals surface area contributed by atoms with E-state index in [1.165, 1.54) is 24.0 Å². The second-order valence-electron chi connectivity index (χ2n) is 3.31. The molecular formula is C11H17NO4. The van der Waals surface area contributed by atoms with Gasteiger partial charge in [-0.05, 0) is 6.42 Å². The average molecular weight is 227 g/mol. The van der Waals surface area contributed by atoms with Crippen molar-refractivity contribution in [1.82, 2.24) is 4.90 Å². The van der Waals surface area contributed by atoms with Gasteiger partial charge in [-0.15, -0.1) is 13.2 Å². The second kappa shape index (κ2) is 6.07. The van der Waals surface area contributed by atoms with Gasteiger partial charge in [0.25, 0.3) is 0 Å². The van der Waals surface area contributed by atoms with Gasteiger partial charge in [-0.25, -0.2) is 9.59 Å². The number of rotatable bonds is 8. The van der Waals surface area contributed by atoms with E-state index >= 15 is 0 Å². The Bertz CT molecular complexity index is 274. The van der Waals surface area contributed by atoms with Gasteiger partial charge in [-0.2, -0.15) is 0 Å². The summed E-state index contributed by atoms with van der Waals surface area (Å²) < 4.78 is 0. The number of carbonyl (C=O) groups is 2. The van der Waals surface area contributed by atoms with Crippen LogP contribution in [0.5, 0.6) is 0 Å². The summed E-state index contributed by atoms with van der Waals surface area (Å²) in [6.45, 7) is 8.86. The zero-order valence-electron chi connectivity index (χ0n) is 9.35. The number of nitrogens with zero attached hydrogens (tertiary/aromatic N) is 1. The molecule has 16 heavy (non-hydrogen) atoms. The standard InChI is InChI=1S/C11H17NO4/c1-4-7-12(8-5-2)11(6-3,9(13)14)10(15)16/h4-5H,1-2,6-8H2,3H3,(H,13,14)(H,15,16). The number of carboxylic acids is 2. The van der Waals surface area contributed by atoms with Crippen LogP contribution < -0.4 is 0 Å². The molecule has 0 saturated carbocycles. The molecule has 0 aromatic heterocycles. The minimum absolute atomic E-state index is 0.0284.